The van der Waals surface area contributed by atoms with Crippen molar-refractivity contribution < 1.29 is 0 Å². The minimum absolute atomic E-state index is 0.672. The SMILES string of the molecule is CCc1nn(-c2ccccn2)c(N)c1C. The molecule has 2 aromatic heterocycles. The fourth-order valence-corrected chi connectivity index (χ4v) is 1.55. The van der Waals surface area contributed by atoms with Crippen LogP contribution >= 0.6 is 0 Å². The van der Waals surface area contributed by atoms with Crippen LogP contribution in [0.1, 0.15) is 18.2 Å². The van der Waals surface area contributed by atoms with Gasteiger partial charge in [0.2, 0.25) is 0 Å². The molecule has 0 unspecified atom stereocenters. The van der Waals surface area contributed by atoms with Gasteiger partial charge in [0.1, 0.15) is 5.82 Å². The van der Waals surface area contributed by atoms with Crippen LogP contribution < -0.4 is 5.73 Å². The molecule has 0 spiro atoms. The molecule has 2 rings (SSSR count). The summed E-state index contributed by atoms with van der Waals surface area (Å²) in [6, 6.07) is 5.68. The van der Waals surface area contributed by atoms with Gasteiger partial charge < -0.3 is 5.73 Å². The highest BCUT2D eigenvalue weighted by atomic mass is 15.3. The van der Waals surface area contributed by atoms with Crippen LogP contribution in [0.4, 0.5) is 5.82 Å². The third-order valence-corrected chi connectivity index (χ3v) is 2.47. The number of hydrogen-bond acceptors (Lipinski definition) is 3. The predicted octanol–water partition coefficient (Wildman–Crippen LogP) is 1.72. The molecule has 2 aromatic rings. The first-order valence-corrected chi connectivity index (χ1v) is 4.99. The molecule has 0 saturated carbocycles. The lowest BCUT2D eigenvalue weighted by molar-refractivity contribution is 0.823. The number of nitrogen functional groups attached to an aromatic ring is 1. The molecule has 0 amide bonds. The van der Waals surface area contributed by atoms with Gasteiger partial charge in [-0.3, -0.25) is 0 Å². The standard InChI is InChI=1S/C11H14N4/c1-3-9-8(2)11(12)15(14-9)10-6-4-5-7-13-10/h4-7H,3,12H2,1-2H3. The van der Waals surface area contributed by atoms with E-state index in [1.807, 2.05) is 25.1 Å². The summed E-state index contributed by atoms with van der Waals surface area (Å²) in [6.45, 7) is 4.05. The Labute approximate surface area is 88.8 Å². The van der Waals surface area contributed by atoms with Crippen molar-refractivity contribution in [2.45, 2.75) is 20.3 Å². The van der Waals surface area contributed by atoms with E-state index in [2.05, 4.69) is 17.0 Å². The Morgan fingerprint density at radius 3 is 2.73 bits per heavy atom. The minimum Gasteiger partial charge on any atom is -0.383 e. The van der Waals surface area contributed by atoms with Crippen molar-refractivity contribution >= 4 is 5.82 Å². The van der Waals surface area contributed by atoms with Gasteiger partial charge in [-0.1, -0.05) is 13.0 Å². The Balaban J connectivity index is 2.55. The Kier molecular flexibility index (Phi) is 2.41. The van der Waals surface area contributed by atoms with E-state index in [1.165, 1.54) is 0 Å². The first-order chi connectivity index (χ1) is 7.24. The largest absolute Gasteiger partial charge is 0.383 e. The third-order valence-electron chi connectivity index (χ3n) is 2.47. The molecule has 78 valence electrons. The van der Waals surface area contributed by atoms with Crippen LogP contribution in [0.25, 0.3) is 5.82 Å². The van der Waals surface area contributed by atoms with Gasteiger partial charge in [-0.15, -0.1) is 0 Å². The number of nitrogens with zero attached hydrogens (tertiary/aromatic N) is 3. The van der Waals surface area contributed by atoms with Crippen LogP contribution in [0.5, 0.6) is 0 Å². The Morgan fingerprint density at radius 1 is 1.40 bits per heavy atom. The summed E-state index contributed by atoms with van der Waals surface area (Å²) in [6.07, 6.45) is 2.62. The molecule has 15 heavy (non-hydrogen) atoms. The van der Waals surface area contributed by atoms with Crippen LogP contribution in [0, 0.1) is 6.92 Å². The van der Waals surface area contributed by atoms with Crippen molar-refractivity contribution in [2.24, 2.45) is 0 Å². The Bertz CT molecular complexity index is 459. The average molecular weight is 202 g/mol. The van der Waals surface area contributed by atoms with Gasteiger partial charge >= 0.3 is 0 Å². The molecule has 4 heteroatoms. The quantitative estimate of drug-likeness (QED) is 0.806. The average Bonchev–Trinajstić information content (AvgIpc) is 2.57. The number of aryl methyl sites for hydroxylation is 1. The Hall–Kier alpha value is -1.84. The monoisotopic (exact) mass is 202 g/mol. The van der Waals surface area contributed by atoms with Crippen LogP contribution in [0.3, 0.4) is 0 Å². The highest BCUT2D eigenvalue weighted by molar-refractivity contribution is 5.47. The second-order valence-corrected chi connectivity index (χ2v) is 3.41. The van der Waals surface area contributed by atoms with E-state index in [0.717, 1.165) is 23.5 Å². The second-order valence-electron chi connectivity index (χ2n) is 3.41. The summed E-state index contributed by atoms with van der Waals surface area (Å²) < 4.78 is 1.69. The molecule has 0 aliphatic carbocycles. The summed E-state index contributed by atoms with van der Waals surface area (Å²) in [7, 11) is 0. The zero-order chi connectivity index (χ0) is 10.8. The number of aromatic nitrogens is 3. The number of nitrogens with two attached hydrogens (primary N) is 1. The van der Waals surface area contributed by atoms with E-state index in [9.17, 15) is 0 Å². The fourth-order valence-electron chi connectivity index (χ4n) is 1.55. The maximum atomic E-state index is 5.97. The van der Waals surface area contributed by atoms with Crippen molar-refractivity contribution in [1.29, 1.82) is 0 Å². The van der Waals surface area contributed by atoms with Crippen LogP contribution in [0.15, 0.2) is 24.4 Å². The van der Waals surface area contributed by atoms with Gasteiger partial charge in [-0.2, -0.15) is 9.78 Å². The van der Waals surface area contributed by atoms with E-state index in [4.69, 9.17) is 5.73 Å². The highest BCUT2D eigenvalue weighted by Gasteiger charge is 2.11. The number of hydrogen-bond donors (Lipinski definition) is 1. The molecular formula is C11H14N4. The van der Waals surface area contributed by atoms with Crippen LogP contribution in [0.2, 0.25) is 0 Å². The summed E-state index contributed by atoms with van der Waals surface area (Å²) in [5.41, 5.74) is 8.04. The number of anilines is 1. The lowest BCUT2D eigenvalue weighted by Gasteiger charge is -2.01. The van der Waals surface area contributed by atoms with E-state index in [-0.39, 0.29) is 0 Å². The molecule has 2 N–H and O–H groups in total. The molecular weight excluding hydrogens is 188 g/mol. The van der Waals surface area contributed by atoms with Gasteiger partial charge in [0, 0.05) is 11.8 Å². The molecule has 0 saturated heterocycles. The van der Waals surface area contributed by atoms with E-state index in [1.54, 1.807) is 10.9 Å². The topological polar surface area (TPSA) is 56.7 Å². The van der Waals surface area contributed by atoms with E-state index < -0.39 is 0 Å². The molecule has 0 aliphatic rings. The lowest BCUT2D eigenvalue weighted by atomic mass is 10.2. The lowest BCUT2D eigenvalue weighted by Crippen LogP contribution is -2.03. The maximum absolute atomic E-state index is 5.97. The second kappa shape index (κ2) is 3.73. The third kappa shape index (κ3) is 1.58. The van der Waals surface area contributed by atoms with Crippen molar-refractivity contribution in [3.8, 4) is 5.82 Å². The van der Waals surface area contributed by atoms with Gasteiger partial charge in [-0.05, 0) is 25.5 Å². The summed E-state index contributed by atoms with van der Waals surface area (Å²) in [5, 5.41) is 4.43. The minimum atomic E-state index is 0.672. The fraction of sp³-hybridized carbons (Fsp3) is 0.273. The molecule has 2 heterocycles. The summed E-state index contributed by atoms with van der Waals surface area (Å²) in [5.74, 6) is 1.43. The predicted molar refractivity (Wildman–Crippen MR) is 59.9 cm³/mol. The van der Waals surface area contributed by atoms with Crippen molar-refractivity contribution in [1.82, 2.24) is 14.8 Å². The molecule has 4 nitrogen and oxygen atoms in total. The smallest absolute Gasteiger partial charge is 0.155 e. The van der Waals surface area contributed by atoms with Gasteiger partial charge in [0.05, 0.1) is 5.69 Å². The first kappa shape index (κ1) is 9.71. The van der Waals surface area contributed by atoms with Gasteiger partial charge in [-0.25, -0.2) is 4.98 Å². The molecule has 0 bridgehead atoms. The maximum Gasteiger partial charge on any atom is 0.155 e. The molecule has 0 radical (unpaired) electrons. The van der Waals surface area contributed by atoms with Crippen molar-refractivity contribution in [3.63, 3.8) is 0 Å². The highest BCUT2D eigenvalue weighted by Crippen LogP contribution is 2.18. The van der Waals surface area contributed by atoms with Crippen LogP contribution in [-0.4, -0.2) is 14.8 Å². The van der Waals surface area contributed by atoms with Crippen LogP contribution in [-0.2, 0) is 6.42 Å². The van der Waals surface area contributed by atoms with Gasteiger partial charge in [0.25, 0.3) is 0 Å². The Morgan fingerprint density at radius 2 is 2.20 bits per heavy atom. The summed E-state index contributed by atoms with van der Waals surface area (Å²) in [4.78, 5) is 4.22. The molecule has 0 aliphatic heterocycles. The number of pyridine rings is 1. The van der Waals surface area contributed by atoms with Crippen molar-refractivity contribution in [3.05, 3.63) is 35.7 Å². The number of rotatable bonds is 2. The zero-order valence-electron chi connectivity index (χ0n) is 8.94. The molecule has 0 aromatic carbocycles. The normalized spacial score (nSPS) is 10.5. The van der Waals surface area contributed by atoms with E-state index >= 15 is 0 Å². The van der Waals surface area contributed by atoms with E-state index in [0.29, 0.717) is 5.82 Å². The van der Waals surface area contributed by atoms with Crippen molar-refractivity contribution in [2.75, 3.05) is 5.73 Å². The summed E-state index contributed by atoms with van der Waals surface area (Å²) >= 11 is 0. The first-order valence-electron chi connectivity index (χ1n) is 4.99. The molecule has 0 fully saturated rings. The zero-order valence-corrected chi connectivity index (χ0v) is 8.94. The molecule has 0 atom stereocenters. The van der Waals surface area contributed by atoms with Gasteiger partial charge in [0.15, 0.2) is 5.82 Å².